The van der Waals surface area contributed by atoms with Crippen LogP contribution in [0.4, 0.5) is 0 Å². The van der Waals surface area contributed by atoms with Gasteiger partial charge in [-0.2, -0.15) is 0 Å². The second-order valence-electron chi connectivity index (χ2n) is 9.74. The molecule has 1 aromatic heterocycles. The molecule has 35 heavy (non-hydrogen) atoms. The molecule has 1 amide bonds. The first-order chi connectivity index (χ1) is 17.2. The first-order valence-corrected chi connectivity index (χ1v) is 13.0. The Kier molecular flexibility index (Phi) is 7.54. The van der Waals surface area contributed by atoms with Crippen molar-refractivity contribution in [1.29, 1.82) is 0 Å². The van der Waals surface area contributed by atoms with E-state index in [2.05, 4.69) is 45.4 Å². The van der Waals surface area contributed by atoms with Gasteiger partial charge in [-0.25, -0.2) is 4.98 Å². The van der Waals surface area contributed by atoms with E-state index in [0.29, 0.717) is 23.0 Å². The number of aromatic nitrogens is 2. The van der Waals surface area contributed by atoms with Crippen LogP contribution in [0.25, 0.3) is 10.9 Å². The number of benzene rings is 2. The van der Waals surface area contributed by atoms with Gasteiger partial charge in [0.05, 0.1) is 10.9 Å². The van der Waals surface area contributed by atoms with Gasteiger partial charge in [-0.15, -0.1) is 0 Å². The fraction of sp³-hybridized carbons (Fsp3) is 0.464. The summed E-state index contributed by atoms with van der Waals surface area (Å²) in [5.41, 5.74) is 2.56. The SMILES string of the molecule is O=C(NCCN1CCN(Cc2ccccc2)CC1)c1ccc2c(=O)n3c(nc2c1)CCCCCC3. The predicted molar refractivity (Wildman–Crippen MR) is 139 cm³/mol. The predicted octanol–water partition coefficient (Wildman–Crippen LogP) is 3.06. The number of piperazine rings is 1. The molecule has 2 aliphatic rings. The normalized spacial score (nSPS) is 17.5. The van der Waals surface area contributed by atoms with Crippen LogP contribution in [0, 0.1) is 0 Å². The van der Waals surface area contributed by atoms with Crippen LogP contribution in [0.15, 0.2) is 53.3 Å². The van der Waals surface area contributed by atoms with Gasteiger partial charge < -0.3 is 5.32 Å². The van der Waals surface area contributed by atoms with Gasteiger partial charge in [-0.05, 0) is 36.6 Å². The van der Waals surface area contributed by atoms with Gasteiger partial charge in [0, 0.05) is 64.3 Å². The van der Waals surface area contributed by atoms with E-state index in [9.17, 15) is 9.59 Å². The molecule has 0 aliphatic carbocycles. The number of nitrogens with zero attached hydrogens (tertiary/aromatic N) is 4. The average Bonchev–Trinajstić information content (AvgIpc) is 2.86. The van der Waals surface area contributed by atoms with Gasteiger partial charge >= 0.3 is 0 Å². The summed E-state index contributed by atoms with van der Waals surface area (Å²) in [6, 6.07) is 15.9. The number of hydrogen-bond acceptors (Lipinski definition) is 5. The van der Waals surface area contributed by atoms with Crippen molar-refractivity contribution >= 4 is 16.8 Å². The van der Waals surface area contributed by atoms with E-state index in [1.807, 2.05) is 4.57 Å². The van der Waals surface area contributed by atoms with E-state index in [-0.39, 0.29) is 11.5 Å². The average molecular weight is 474 g/mol. The van der Waals surface area contributed by atoms with Crippen molar-refractivity contribution in [3.05, 3.63) is 75.8 Å². The van der Waals surface area contributed by atoms with E-state index < -0.39 is 0 Å². The molecular formula is C28H35N5O2. The van der Waals surface area contributed by atoms with Crippen molar-refractivity contribution in [3.63, 3.8) is 0 Å². The zero-order valence-electron chi connectivity index (χ0n) is 20.4. The summed E-state index contributed by atoms with van der Waals surface area (Å²) in [6.07, 6.45) is 5.23. The molecule has 1 fully saturated rings. The van der Waals surface area contributed by atoms with Crippen molar-refractivity contribution in [3.8, 4) is 0 Å². The molecule has 0 saturated carbocycles. The number of amides is 1. The van der Waals surface area contributed by atoms with Gasteiger partial charge in [-0.1, -0.05) is 43.2 Å². The highest BCUT2D eigenvalue weighted by Gasteiger charge is 2.18. The van der Waals surface area contributed by atoms with Crippen LogP contribution in [0.3, 0.4) is 0 Å². The van der Waals surface area contributed by atoms with Crippen molar-refractivity contribution in [2.45, 2.75) is 45.2 Å². The lowest BCUT2D eigenvalue weighted by molar-refractivity contribution is 0.0934. The number of fused-ring (bicyclic) bond motifs is 2. The number of hydrogen-bond donors (Lipinski definition) is 1. The Balaban J connectivity index is 1.14. The fourth-order valence-electron chi connectivity index (χ4n) is 5.18. The maximum atomic E-state index is 13.0. The molecule has 184 valence electrons. The van der Waals surface area contributed by atoms with E-state index in [1.54, 1.807) is 18.2 Å². The molecule has 0 bridgehead atoms. The first kappa shape index (κ1) is 23.7. The lowest BCUT2D eigenvalue weighted by Crippen LogP contribution is -2.48. The Bertz CT molecular complexity index is 1220. The minimum atomic E-state index is -0.108. The highest BCUT2D eigenvalue weighted by atomic mass is 16.1. The fourth-order valence-corrected chi connectivity index (χ4v) is 5.18. The monoisotopic (exact) mass is 473 g/mol. The number of nitrogens with one attached hydrogen (secondary N) is 1. The lowest BCUT2D eigenvalue weighted by Gasteiger charge is -2.34. The largest absolute Gasteiger partial charge is 0.351 e. The molecule has 5 rings (SSSR count). The topological polar surface area (TPSA) is 70.5 Å². The van der Waals surface area contributed by atoms with Crippen molar-refractivity contribution in [2.75, 3.05) is 39.3 Å². The Morgan fingerprint density at radius 3 is 2.49 bits per heavy atom. The van der Waals surface area contributed by atoms with Crippen LogP contribution < -0.4 is 10.9 Å². The maximum Gasteiger partial charge on any atom is 0.261 e. The number of aryl methyl sites for hydroxylation is 1. The summed E-state index contributed by atoms with van der Waals surface area (Å²) in [6.45, 7) is 7.28. The molecule has 2 aliphatic heterocycles. The summed E-state index contributed by atoms with van der Waals surface area (Å²) in [5, 5.41) is 3.65. The molecule has 3 heterocycles. The Morgan fingerprint density at radius 2 is 1.66 bits per heavy atom. The van der Waals surface area contributed by atoms with Crippen molar-refractivity contribution in [2.24, 2.45) is 0 Å². The van der Waals surface area contributed by atoms with Crippen molar-refractivity contribution < 1.29 is 4.79 Å². The first-order valence-electron chi connectivity index (χ1n) is 13.0. The smallest absolute Gasteiger partial charge is 0.261 e. The molecule has 0 atom stereocenters. The number of carbonyl (C=O) groups excluding carboxylic acids is 1. The van der Waals surface area contributed by atoms with Crippen LogP contribution in [0.2, 0.25) is 0 Å². The minimum absolute atomic E-state index is 0.0188. The molecule has 0 unspecified atom stereocenters. The highest BCUT2D eigenvalue weighted by molar-refractivity contribution is 5.97. The molecule has 0 radical (unpaired) electrons. The summed E-state index contributed by atoms with van der Waals surface area (Å²) in [5.74, 6) is 0.745. The molecule has 7 nitrogen and oxygen atoms in total. The van der Waals surface area contributed by atoms with Crippen LogP contribution in [-0.4, -0.2) is 64.5 Å². The molecule has 7 heteroatoms. The van der Waals surface area contributed by atoms with Gasteiger partial charge in [0.15, 0.2) is 0 Å². The summed E-state index contributed by atoms with van der Waals surface area (Å²) in [4.78, 5) is 35.5. The second kappa shape index (κ2) is 11.1. The van der Waals surface area contributed by atoms with Crippen LogP contribution in [0.5, 0.6) is 0 Å². The summed E-state index contributed by atoms with van der Waals surface area (Å²) >= 11 is 0. The number of carbonyl (C=O) groups is 1. The molecule has 0 spiro atoms. The van der Waals surface area contributed by atoms with Crippen LogP contribution >= 0.6 is 0 Å². The van der Waals surface area contributed by atoms with Gasteiger partial charge in [0.25, 0.3) is 11.5 Å². The molecule has 2 aromatic carbocycles. The lowest BCUT2D eigenvalue weighted by atomic mass is 10.1. The Morgan fingerprint density at radius 1 is 0.886 bits per heavy atom. The van der Waals surface area contributed by atoms with E-state index in [4.69, 9.17) is 4.98 Å². The molecule has 1 N–H and O–H groups in total. The molecule has 3 aromatic rings. The second-order valence-corrected chi connectivity index (χ2v) is 9.74. The molecular weight excluding hydrogens is 438 g/mol. The van der Waals surface area contributed by atoms with Crippen LogP contribution in [0.1, 0.15) is 47.4 Å². The van der Waals surface area contributed by atoms with E-state index in [1.165, 1.54) is 12.0 Å². The van der Waals surface area contributed by atoms with Gasteiger partial charge in [0.2, 0.25) is 0 Å². The summed E-state index contributed by atoms with van der Waals surface area (Å²) < 4.78 is 1.83. The minimum Gasteiger partial charge on any atom is -0.351 e. The summed E-state index contributed by atoms with van der Waals surface area (Å²) in [7, 11) is 0. The third-order valence-electron chi connectivity index (χ3n) is 7.26. The van der Waals surface area contributed by atoms with Crippen molar-refractivity contribution in [1.82, 2.24) is 24.7 Å². The standard InChI is InChI=1S/C28H35N5O2/c34-27(29-13-15-31-16-18-32(19-17-31)21-22-8-4-3-5-9-22)23-11-12-24-25(20-23)30-26-10-6-1-2-7-14-33(26)28(24)35/h3-5,8-9,11-12,20H,1-2,6-7,10,13-19,21H2,(H,29,34). The zero-order chi connectivity index (χ0) is 24.0. The zero-order valence-corrected chi connectivity index (χ0v) is 20.4. The maximum absolute atomic E-state index is 13.0. The Labute approximate surface area is 206 Å². The third-order valence-corrected chi connectivity index (χ3v) is 7.26. The third kappa shape index (κ3) is 5.80. The quantitative estimate of drug-likeness (QED) is 0.596. The number of rotatable bonds is 6. The Hall–Kier alpha value is -3.03. The van der Waals surface area contributed by atoms with Gasteiger partial charge in [-0.3, -0.25) is 24.0 Å². The van der Waals surface area contributed by atoms with Gasteiger partial charge in [0.1, 0.15) is 5.82 Å². The van der Waals surface area contributed by atoms with E-state index >= 15 is 0 Å². The van der Waals surface area contributed by atoms with E-state index in [0.717, 1.165) is 77.3 Å². The van der Waals surface area contributed by atoms with Crippen LogP contribution in [-0.2, 0) is 19.5 Å². The molecule has 1 saturated heterocycles. The highest BCUT2D eigenvalue weighted by Crippen LogP contribution is 2.16.